The Bertz CT molecular complexity index is 542. The van der Waals surface area contributed by atoms with Crippen LogP contribution in [0.15, 0.2) is 36.7 Å². The summed E-state index contributed by atoms with van der Waals surface area (Å²) >= 11 is 0. The number of methoxy groups -OCH3 is 1. The van der Waals surface area contributed by atoms with Crippen LogP contribution < -0.4 is 16.0 Å². The standard InChI is InChI=1S/C15H20N4O/c1-3-11-4-6-12(7-5-11)8-14(19-16)13-9-15(20-2)18-10-17-13/h4-7,9-10,14,19H,3,8,16H2,1-2H3. The van der Waals surface area contributed by atoms with Gasteiger partial charge >= 0.3 is 0 Å². The predicted molar refractivity (Wildman–Crippen MR) is 78.2 cm³/mol. The van der Waals surface area contributed by atoms with Crippen molar-refractivity contribution in [1.29, 1.82) is 0 Å². The van der Waals surface area contributed by atoms with Gasteiger partial charge in [-0.3, -0.25) is 11.3 Å². The van der Waals surface area contributed by atoms with Crippen LogP contribution in [0.1, 0.15) is 29.8 Å². The monoisotopic (exact) mass is 272 g/mol. The highest BCUT2D eigenvalue weighted by Gasteiger charge is 2.13. The molecule has 0 saturated carbocycles. The zero-order chi connectivity index (χ0) is 14.4. The fraction of sp³-hybridized carbons (Fsp3) is 0.333. The van der Waals surface area contributed by atoms with Gasteiger partial charge in [0.15, 0.2) is 0 Å². The van der Waals surface area contributed by atoms with Crippen molar-refractivity contribution >= 4 is 0 Å². The molecule has 0 amide bonds. The fourth-order valence-electron chi connectivity index (χ4n) is 2.05. The Morgan fingerprint density at radius 2 is 1.90 bits per heavy atom. The fourth-order valence-corrected chi connectivity index (χ4v) is 2.05. The van der Waals surface area contributed by atoms with Crippen molar-refractivity contribution in [2.45, 2.75) is 25.8 Å². The van der Waals surface area contributed by atoms with Gasteiger partial charge in [-0.1, -0.05) is 31.2 Å². The van der Waals surface area contributed by atoms with Crippen LogP contribution in [0.4, 0.5) is 0 Å². The zero-order valence-corrected chi connectivity index (χ0v) is 11.8. The van der Waals surface area contributed by atoms with Gasteiger partial charge in [-0.25, -0.2) is 9.97 Å². The Balaban J connectivity index is 2.14. The number of hydrogen-bond donors (Lipinski definition) is 2. The molecule has 0 bridgehead atoms. The first-order valence-corrected chi connectivity index (χ1v) is 6.66. The van der Waals surface area contributed by atoms with E-state index in [9.17, 15) is 0 Å². The maximum atomic E-state index is 5.65. The minimum atomic E-state index is -0.0700. The SMILES string of the molecule is CCc1ccc(CC(NN)c2cc(OC)ncn2)cc1. The summed E-state index contributed by atoms with van der Waals surface area (Å²) in [6, 6.07) is 10.3. The van der Waals surface area contributed by atoms with E-state index in [2.05, 4.69) is 46.6 Å². The number of hydrazine groups is 1. The summed E-state index contributed by atoms with van der Waals surface area (Å²) in [7, 11) is 1.58. The number of benzene rings is 1. The van der Waals surface area contributed by atoms with Crippen LogP contribution >= 0.6 is 0 Å². The summed E-state index contributed by atoms with van der Waals surface area (Å²) in [5.74, 6) is 6.19. The lowest BCUT2D eigenvalue weighted by Gasteiger charge is -2.16. The van der Waals surface area contributed by atoms with E-state index in [0.29, 0.717) is 5.88 Å². The van der Waals surface area contributed by atoms with Gasteiger partial charge in [-0.2, -0.15) is 0 Å². The van der Waals surface area contributed by atoms with Gasteiger partial charge in [-0.05, 0) is 24.0 Å². The lowest BCUT2D eigenvalue weighted by Crippen LogP contribution is -2.30. The third-order valence-electron chi connectivity index (χ3n) is 3.30. The molecule has 106 valence electrons. The first-order valence-electron chi connectivity index (χ1n) is 6.66. The third-order valence-corrected chi connectivity index (χ3v) is 3.30. The highest BCUT2D eigenvalue weighted by molar-refractivity contribution is 5.25. The van der Waals surface area contributed by atoms with E-state index in [1.165, 1.54) is 17.5 Å². The second-order valence-electron chi connectivity index (χ2n) is 4.58. The summed E-state index contributed by atoms with van der Waals surface area (Å²) < 4.78 is 5.11. The summed E-state index contributed by atoms with van der Waals surface area (Å²) in [5.41, 5.74) is 6.16. The third kappa shape index (κ3) is 3.53. The van der Waals surface area contributed by atoms with Crippen molar-refractivity contribution in [2.75, 3.05) is 7.11 Å². The molecule has 3 N–H and O–H groups in total. The van der Waals surface area contributed by atoms with E-state index < -0.39 is 0 Å². The molecule has 1 heterocycles. The summed E-state index contributed by atoms with van der Waals surface area (Å²) in [6.07, 6.45) is 3.29. The van der Waals surface area contributed by atoms with Crippen molar-refractivity contribution in [1.82, 2.24) is 15.4 Å². The lowest BCUT2D eigenvalue weighted by molar-refractivity contribution is 0.393. The number of nitrogens with two attached hydrogens (primary N) is 1. The van der Waals surface area contributed by atoms with Gasteiger partial charge in [0.1, 0.15) is 6.33 Å². The van der Waals surface area contributed by atoms with Gasteiger partial charge in [0.05, 0.1) is 18.8 Å². The van der Waals surface area contributed by atoms with Gasteiger partial charge in [0.25, 0.3) is 0 Å². The van der Waals surface area contributed by atoms with Crippen LogP contribution in [0.5, 0.6) is 5.88 Å². The number of hydrogen-bond acceptors (Lipinski definition) is 5. The normalized spacial score (nSPS) is 12.2. The van der Waals surface area contributed by atoms with Crippen molar-refractivity contribution in [3.8, 4) is 5.88 Å². The molecule has 1 aromatic heterocycles. The quantitative estimate of drug-likeness (QED) is 0.619. The lowest BCUT2D eigenvalue weighted by atomic mass is 10.0. The van der Waals surface area contributed by atoms with E-state index in [-0.39, 0.29) is 6.04 Å². The molecule has 0 fully saturated rings. The number of nitrogens with one attached hydrogen (secondary N) is 1. The molecule has 1 atom stereocenters. The Morgan fingerprint density at radius 1 is 1.20 bits per heavy atom. The molecule has 1 aromatic carbocycles. The summed E-state index contributed by atoms with van der Waals surface area (Å²) in [5, 5.41) is 0. The predicted octanol–water partition coefficient (Wildman–Crippen LogP) is 1.79. The van der Waals surface area contributed by atoms with Crippen LogP contribution in [0.2, 0.25) is 0 Å². The van der Waals surface area contributed by atoms with E-state index in [4.69, 9.17) is 10.6 Å². The molecule has 0 aliphatic heterocycles. The maximum absolute atomic E-state index is 5.65. The molecule has 2 rings (SSSR count). The van der Waals surface area contributed by atoms with Crippen LogP contribution in [0.3, 0.4) is 0 Å². The molecule has 0 spiro atoms. The van der Waals surface area contributed by atoms with E-state index in [1.54, 1.807) is 13.2 Å². The molecule has 0 radical (unpaired) electrons. The van der Waals surface area contributed by atoms with Gasteiger partial charge < -0.3 is 4.74 Å². The Morgan fingerprint density at radius 3 is 2.50 bits per heavy atom. The van der Waals surface area contributed by atoms with Gasteiger partial charge in [0, 0.05) is 6.07 Å². The van der Waals surface area contributed by atoms with Crippen LogP contribution in [-0.4, -0.2) is 17.1 Å². The van der Waals surface area contributed by atoms with Crippen LogP contribution in [-0.2, 0) is 12.8 Å². The first kappa shape index (κ1) is 14.4. The molecule has 20 heavy (non-hydrogen) atoms. The molecule has 0 aliphatic carbocycles. The van der Waals surface area contributed by atoms with Gasteiger partial charge in [0.2, 0.25) is 5.88 Å². The number of rotatable bonds is 6. The molecule has 0 aliphatic rings. The molecular weight excluding hydrogens is 252 g/mol. The van der Waals surface area contributed by atoms with Crippen LogP contribution in [0, 0.1) is 0 Å². The molecule has 2 aromatic rings. The van der Waals surface area contributed by atoms with E-state index in [1.807, 2.05) is 0 Å². The average Bonchev–Trinajstić information content (AvgIpc) is 2.53. The summed E-state index contributed by atoms with van der Waals surface area (Å²) in [4.78, 5) is 8.26. The largest absolute Gasteiger partial charge is 0.481 e. The number of ether oxygens (including phenoxy) is 1. The highest BCUT2D eigenvalue weighted by Crippen LogP contribution is 2.18. The Labute approximate surface area is 119 Å². The average molecular weight is 272 g/mol. The Kier molecular flexibility index (Phi) is 5.03. The number of aryl methyl sites for hydroxylation is 1. The molecule has 5 heteroatoms. The summed E-state index contributed by atoms with van der Waals surface area (Å²) in [6.45, 7) is 2.15. The molecular formula is C15H20N4O. The topological polar surface area (TPSA) is 73.1 Å². The van der Waals surface area contributed by atoms with Crippen molar-refractivity contribution in [2.24, 2.45) is 5.84 Å². The van der Waals surface area contributed by atoms with E-state index in [0.717, 1.165) is 18.5 Å². The number of aromatic nitrogens is 2. The number of nitrogens with zero attached hydrogens (tertiary/aromatic N) is 2. The van der Waals surface area contributed by atoms with Gasteiger partial charge in [-0.15, -0.1) is 0 Å². The second-order valence-corrected chi connectivity index (χ2v) is 4.58. The van der Waals surface area contributed by atoms with E-state index >= 15 is 0 Å². The first-order chi connectivity index (χ1) is 9.76. The van der Waals surface area contributed by atoms with Crippen molar-refractivity contribution < 1.29 is 4.74 Å². The Hall–Kier alpha value is -1.98. The molecule has 1 unspecified atom stereocenters. The molecule has 0 saturated heterocycles. The highest BCUT2D eigenvalue weighted by atomic mass is 16.5. The maximum Gasteiger partial charge on any atom is 0.216 e. The minimum Gasteiger partial charge on any atom is -0.481 e. The van der Waals surface area contributed by atoms with Crippen molar-refractivity contribution in [3.63, 3.8) is 0 Å². The zero-order valence-electron chi connectivity index (χ0n) is 11.8. The second kappa shape index (κ2) is 6.98. The van der Waals surface area contributed by atoms with Crippen molar-refractivity contribution in [3.05, 3.63) is 53.5 Å². The smallest absolute Gasteiger partial charge is 0.216 e. The molecule has 5 nitrogen and oxygen atoms in total. The van der Waals surface area contributed by atoms with Crippen LogP contribution in [0.25, 0.3) is 0 Å². The minimum absolute atomic E-state index is 0.0700.